The maximum Gasteiger partial charge on any atom is 0.292 e. The number of aromatic nitrogens is 1. The highest BCUT2D eigenvalue weighted by Crippen LogP contribution is 2.38. The van der Waals surface area contributed by atoms with E-state index in [1.165, 1.54) is 5.56 Å². The van der Waals surface area contributed by atoms with Crippen molar-refractivity contribution in [1.29, 1.82) is 0 Å². The molecule has 1 fully saturated rings. The summed E-state index contributed by atoms with van der Waals surface area (Å²) in [5, 5.41) is 7.16. The van der Waals surface area contributed by atoms with Gasteiger partial charge in [-0.1, -0.05) is 50.0 Å². The lowest BCUT2D eigenvalue weighted by molar-refractivity contribution is -0.134. The lowest BCUT2D eigenvalue weighted by atomic mass is 9.73. The maximum atomic E-state index is 13.3. The van der Waals surface area contributed by atoms with Crippen molar-refractivity contribution < 1.29 is 18.8 Å². The van der Waals surface area contributed by atoms with Crippen LogP contribution in [0, 0.1) is 11.3 Å². The molecule has 1 aromatic heterocycles. The zero-order valence-electron chi connectivity index (χ0n) is 20.5. The van der Waals surface area contributed by atoms with E-state index in [-0.39, 0.29) is 11.8 Å². The number of aryl methyl sites for hydroxylation is 1. The molecule has 34 heavy (non-hydrogen) atoms. The molecule has 2 aliphatic rings. The van der Waals surface area contributed by atoms with Crippen LogP contribution in [0.1, 0.15) is 74.2 Å². The number of hydrogen-bond donors (Lipinski definition) is 1. The molecule has 184 valence electrons. The number of para-hydroxylation sites is 1. The summed E-state index contributed by atoms with van der Waals surface area (Å²) in [7, 11) is 0. The average molecular weight is 468 g/mol. The number of amides is 2. The minimum Gasteiger partial charge on any atom is -0.491 e. The Labute approximate surface area is 202 Å². The third-order valence-electron chi connectivity index (χ3n) is 7.10. The van der Waals surface area contributed by atoms with E-state index in [4.69, 9.17) is 9.26 Å². The van der Waals surface area contributed by atoms with Crippen molar-refractivity contribution in [1.82, 2.24) is 15.4 Å². The summed E-state index contributed by atoms with van der Waals surface area (Å²) in [4.78, 5) is 28.1. The molecule has 0 atom stereocenters. The van der Waals surface area contributed by atoms with Crippen LogP contribution < -0.4 is 10.1 Å². The largest absolute Gasteiger partial charge is 0.491 e. The van der Waals surface area contributed by atoms with Gasteiger partial charge in [0.05, 0.1) is 17.7 Å². The monoisotopic (exact) mass is 467 g/mol. The minimum atomic E-state index is -0.429. The van der Waals surface area contributed by atoms with Gasteiger partial charge in [0.25, 0.3) is 5.91 Å². The fourth-order valence-corrected chi connectivity index (χ4v) is 5.13. The van der Waals surface area contributed by atoms with E-state index in [9.17, 15) is 9.59 Å². The van der Waals surface area contributed by atoms with Gasteiger partial charge in [-0.3, -0.25) is 9.59 Å². The molecule has 3 heterocycles. The molecule has 1 aromatic carbocycles. The summed E-state index contributed by atoms with van der Waals surface area (Å²) in [5.74, 6) is 1.62. The highest BCUT2D eigenvalue weighted by atomic mass is 16.5. The molecule has 2 aliphatic heterocycles. The number of nitrogens with one attached hydrogen (secondary N) is 1. The third-order valence-corrected chi connectivity index (χ3v) is 7.10. The van der Waals surface area contributed by atoms with Crippen molar-refractivity contribution in [3.63, 3.8) is 0 Å². The summed E-state index contributed by atoms with van der Waals surface area (Å²) in [5.41, 5.74) is 1.62. The van der Waals surface area contributed by atoms with Crippen molar-refractivity contribution in [3.8, 4) is 5.75 Å². The molecule has 0 unspecified atom stereocenters. The quantitative estimate of drug-likeness (QED) is 0.723. The highest BCUT2D eigenvalue weighted by molar-refractivity contribution is 5.92. The highest BCUT2D eigenvalue weighted by Gasteiger charge is 2.42. The molecule has 7 nitrogen and oxygen atoms in total. The predicted molar refractivity (Wildman–Crippen MR) is 130 cm³/mol. The van der Waals surface area contributed by atoms with Crippen molar-refractivity contribution in [2.45, 2.75) is 65.2 Å². The van der Waals surface area contributed by atoms with Crippen LogP contribution in [0.3, 0.4) is 0 Å². The van der Waals surface area contributed by atoms with Crippen LogP contribution in [0.4, 0.5) is 0 Å². The first-order valence-corrected chi connectivity index (χ1v) is 12.7. The van der Waals surface area contributed by atoms with E-state index in [0.29, 0.717) is 50.8 Å². The molecule has 1 saturated heterocycles. The topological polar surface area (TPSA) is 84.7 Å². The van der Waals surface area contributed by atoms with Crippen LogP contribution >= 0.6 is 0 Å². The molecular formula is C27H37N3O4. The number of fused-ring (bicyclic) bond motifs is 1. The van der Waals surface area contributed by atoms with Crippen LogP contribution in [-0.4, -0.2) is 48.1 Å². The lowest BCUT2D eigenvalue weighted by Gasteiger charge is -2.40. The van der Waals surface area contributed by atoms with Gasteiger partial charge in [-0.2, -0.15) is 0 Å². The van der Waals surface area contributed by atoms with Crippen molar-refractivity contribution in [2.24, 2.45) is 11.3 Å². The standard InChI is InChI=1S/C27H37N3O4/c1-20(2)18-22-19-24(34-29-22)25(31)30-15-12-27(13-16-30)11-7-3-4-8-21-9-5-6-10-23(21)33-17-14-28-26(27)32/h5-6,9-10,19-20H,3-4,7-8,11-18H2,1-2H3,(H,28,32). The minimum absolute atomic E-state index is 0.0922. The van der Waals surface area contributed by atoms with Gasteiger partial charge in [-0.05, 0) is 56.1 Å². The van der Waals surface area contributed by atoms with Crippen LogP contribution in [0.2, 0.25) is 0 Å². The van der Waals surface area contributed by atoms with E-state index in [2.05, 4.69) is 36.5 Å². The van der Waals surface area contributed by atoms with E-state index >= 15 is 0 Å². The first kappa shape index (κ1) is 24.3. The van der Waals surface area contributed by atoms with Crippen molar-refractivity contribution in [3.05, 3.63) is 47.3 Å². The Kier molecular flexibility index (Phi) is 7.91. The Morgan fingerprint density at radius 2 is 1.94 bits per heavy atom. The number of ether oxygens (including phenoxy) is 1. The predicted octanol–water partition coefficient (Wildman–Crippen LogP) is 4.41. The summed E-state index contributed by atoms with van der Waals surface area (Å²) in [6.07, 6.45) is 7.11. The molecule has 0 saturated carbocycles. The SMILES string of the molecule is CC(C)Cc1cc(C(=O)N2CCC3(CCCCCc4ccccc4OCCNC3=O)CC2)on1. The third kappa shape index (κ3) is 5.80. The van der Waals surface area contributed by atoms with Gasteiger partial charge in [0.15, 0.2) is 0 Å². The Morgan fingerprint density at radius 1 is 1.15 bits per heavy atom. The van der Waals surface area contributed by atoms with Gasteiger partial charge >= 0.3 is 0 Å². The molecule has 1 N–H and O–H groups in total. The summed E-state index contributed by atoms with van der Waals surface area (Å²) < 4.78 is 11.3. The van der Waals surface area contributed by atoms with Gasteiger partial charge in [-0.15, -0.1) is 0 Å². The van der Waals surface area contributed by atoms with Gasteiger partial charge in [0, 0.05) is 19.2 Å². The number of piperidine rings is 1. The molecular weight excluding hydrogens is 430 g/mol. The molecule has 1 spiro atoms. The van der Waals surface area contributed by atoms with Crippen LogP contribution in [0.5, 0.6) is 5.75 Å². The molecule has 0 radical (unpaired) electrons. The zero-order valence-corrected chi connectivity index (χ0v) is 20.5. The molecule has 0 aliphatic carbocycles. The van der Waals surface area contributed by atoms with Gasteiger partial charge in [-0.25, -0.2) is 0 Å². The van der Waals surface area contributed by atoms with Gasteiger partial charge in [0.2, 0.25) is 11.7 Å². The number of hydrogen-bond acceptors (Lipinski definition) is 5. The maximum absolute atomic E-state index is 13.3. The van der Waals surface area contributed by atoms with Crippen LogP contribution in [-0.2, 0) is 17.6 Å². The zero-order chi connectivity index (χ0) is 24.0. The van der Waals surface area contributed by atoms with Crippen LogP contribution in [0.25, 0.3) is 0 Å². The number of likely N-dealkylation sites (tertiary alicyclic amines) is 1. The van der Waals surface area contributed by atoms with Gasteiger partial charge < -0.3 is 19.5 Å². The Morgan fingerprint density at radius 3 is 2.74 bits per heavy atom. The van der Waals surface area contributed by atoms with Gasteiger partial charge in [0.1, 0.15) is 12.4 Å². The lowest BCUT2D eigenvalue weighted by Crippen LogP contribution is -2.50. The Balaban J connectivity index is 1.37. The number of rotatable bonds is 3. The fourth-order valence-electron chi connectivity index (χ4n) is 5.13. The Hall–Kier alpha value is -2.83. The smallest absolute Gasteiger partial charge is 0.292 e. The molecule has 4 rings (SSSR count). The molecule has 0 bridgehead atoms. The summed E-state index contributed by atoms with van der Waals surface area (Å²) >= 11 is 0. The van der Waals surface area contributed by atoms with E-state index in [1.54, 1.807) is 11.0 Å². The summed E-state index contributed by atoms with van der Waals surface area (Å²) in [6, 6.07) is 9.93. The number of carbonyl (C=O) groups excluding carboxylic acids is 2. The second-order valence-electron chi connectivity index (χ2n) is 10.1. The van der Waals surface area contributed by atoms with Crippen molar-refractivity contribution in [2.75, 3.05) is 26.2 Å². The Bertz CT molecular complexity index is 976. The van der Waals surface area contributed by atoms with Crippen LogP contribution in [0.15, 0.2) is 34.9 Å². The molecule has 7 heteroatoms. The normalized spacial score (nSPS) is 19.4. The van der Waals surface area contributed by atoms with E-state index in [1.807, 2.05) is 12.1 Å². The summed E-state index contributed by atoms with van der Waals surface area (Å²) in [6.45, 7) is 6.26. The number of nitrogens with zero attached hydrogens (tertiary/aromatic N) is 2. The average Bonchev–Trinajstić information content (AvgIpc) is 3.29. The number of benzene rings is 1. The number of carbonyl (C=O) groups is 2. The fraction of sp³-hybridized carbons (Fsp3) is 0.593. The first-order valence-electron chi connectivity index (χ1n) is 12.7. The van der Waals surface area contributed by atoms with E-state index in [0.717, 1.165) is 50.0 Å². The molecule has 2 amide bonds. The van der Waals surface area contributed by atoms with E-state index < -0.39 is 5.41 Å². The molecule has 2 aromatic rings. The first-order chi connectivity index (χ1) is 16.5. The van der Waals surface area contributed by atoms with Crippen molar-refractivity contribution >= 4 is 11.8 Å². The second-order valence-corrected chi connectivity index (χ2v) is 10.1. The second kappa shape index (κ2) is 11.1.